The Hall–Kier alpha value is -1.62. The summed E-state index contributed by atoms with van der Waals surface area (Å²) in [5.74, 6) is 2.27. The zero-order valence-corrected chi connectivity index (χ0v) is 11.5. The maximum absolute atomic E-state index is 10.1. The quantitative estimate of drug-likeness (QED) is 0.830. The normalized spacial score (nSPS) is 13.1. The van der Waals surface area contributed by atoms with Gasteiger partial charge in [0.15, 0.2) is 0 Å². The van der Waals surface area contributed by atoms with E-state index in [-0.39, 0.29) is 0 Å². The Balaban J connectivity index is 1.84. The summed E-state index contributed by atoms with van der Waals surface area (Å²) in [6.07, 6.45) is 4.74. The molecule has 0 radical (unpaired) electrons. The van der Waals surface area contributed by atoms with Crippen LogP contribution >= 0.6 is 0 Å². The first-order chi connectivity index (χ1) is 9.15. The molecule has 5 heteroatoms. The van der Waals surface area contributed by atoms with Crippen molar-refractivity contribution in [3.63, 3.8) is 0 Å². The van der Waals surface area contributed by atoms with Crippen LogP contribution in [0.15, 0.2) is 29.1 Å². The molecule has 0 spiro atoms. The van der Waals surface area contributed by atoms with E-state index in [0.717, 1.165) is 24.6 Å². The van der Waals surface area contributed by atoms with E-state index in [1.54, 1.807) is 12.6 Å². The number of aryl methyl sites for hydroxylation is 1. The summed E-state index contributed by atoms with van der Waals surface area (Å²) in [4.78, 5) is 4.22. The van der Waals surface area contributed by atoms with Crippen molar-refractivity contribution in [1.29, 1.82) is 0 Å². The molecule has 104 valence electrons. The topological polar surface area (TPSA) is 64.1 Å². The van der Waals surface area contributed by atoms with Gasteiger partial charge in [-0.05, 0) is 24.5 Å². The van der Waals surface area contributed by atoms with Gasteiger partial charge in [0.1, 0.15) is 17.9 Å². The van der Waals surface area contributed by atoms with E-state index in [2.05, 4.69) is 23.9 Å². The van der Waals surface area contributed by atoms with Crippen molar-refractivity contribution in [3.8, 4) is 0 Å². The van der Waals surface area contributed by atoms with Crippen molar-refractivity contribution in [3.05, 3.63) is 36.3 Å². The standard InChI is InChI=1S/C14H21N3O2/c1-11(2)9-17-14(15-10-16-17)8-12(18)5-6-13-4-3-7-19-13/h3-4,7,10-12,18H,5-6,8-9H2,1-2H3. The summed E-state index contributed by atoms with van der Waals surface area (Å²) in [6.45, 7) is 5.11. The molecule has 1 unspecified atom stereocenters. The Morgan fingerprint density at radius 1 is 1.42 bits per heavy atom. The van der Waals surface area contributed by atoms with Crippen LogP contribution in [0.1, 0.15) is 31.9 Å². The third-order valence-electron chi connectivity index (χ3n) is 2.96. The highest BCUT2D eigenvalue weighted by Gasteiger charge is 2.12. The molecule has 2 aromatic heterocycles. The van der Waals surface area contributed by atoms with Crippen LogP contribution in [-0.2, 0) is 19.4 Å². The Morgan fingerprint density at radius 3 is 2.95 bits per heavy atom. The number of nitrogens with zero attached hydrogens (tertiary/aromatic N) is 3. The second-order valence-electron chi connectivity index (χ2n) is 5.23. The van der Waals surface area contributed by atoms with E-state index in [0.29, 0.717) is 18.8 Å². The van der Waals surface area contributed by atoms with E-state index in [1.807, 2.05) is 16.8 Å². The van der Waals surface area contributed by atoms with Gasteiger partial charge in [0.2, 0.25) is 0 Å². The molecule has 19 heavy (non-hydrogen) atoms. The molecule has 0 saturated carbocycles. The predicted molar refractivity (Wildman–Crippen MR) is 71.6 cm³/mol. The maximum Gasteiger partial charge on any atom is 0.138 e. The first kappa shape index (κ1) is 13.8. The predicted octanol–water partition coefficient (Wildman–Crippen LogP) is 2.06. The average Bonchev–Trinajstić information content (AvgIpc) is 2.98. The maximum atomic E-state index is 10.1. The van der Waals surface area contributed by atoms with Crippen molar-refractivity contribution in [1.82, 2.24) is 14.8 Å². The summed E-state index contributed by atoms with van der Waals surface area (Å²) in [5, 5.41) is 14.3. The molecule has 0 aromatic carbocycles. The molecule has 2 heterocycles. The monoisotopic (exact) mass is 263 g/mol. The molecular formula is C14H21N3O2. The number of aromatic nitrogens is 3. The summed E-state index contributed by atoms with van der Waals surface area (Å²) < 4.78 is 7.13. The molecule has 0 aliphatic heterocycles. The Bertz CT molecular complexity index is 477. The molecule has 1 atom stereocenters. The lowest BCUT2D eigenvalue weighted by Gasteiger charge is -2.12. The van der Waals surface area contributed by atoms with E-state index in [1.165, 1.54) is 0 Å². The second kappa shape index (κ2) is 6.52. The highest BCUT2D eigenvalue weighted by Crippen LogP contribution is 2.10. The van der Waals surface area contributed by atoms with Crippen LogP contribution in [0.2, 0.25) is 0 Å². The number of hydrogen-bond donors (Lipinski definition) is 1. The minimum Gasteiger partial charge on any atom is -0.469 e. The van der Waals surface area contributed by atoms with Crippen LogP contribution in [0, 0.1) is 5.92 Å². The van der Waals surface area contributed by atoms with E-state index in [9.17, 15) is 5.11 Å². The van der Waals surface area contributed by atoms with Crippen molar-refractivity contribution < 1.29 is 9.52 Å². The van der Waals surface area contributed by atoms with Crippen LogP contribution in [0.5, 0.6) is 0 Å². The molecule has 5 nitrogen and oxygen atoms in total. The number of aliphatic hydroxyl groups excluding tert-OH is 1. The van der Waals surface area contributed by atoms with Crippen molar-refractivity contribution >= 4 is 0 Å². The number of rotatable bonds is 7. The SMILES string of the molecule is CC(C)Cn1ncnc1CC(O)CCc1ccco1. The second-order valence-corrected chi connectivity index (χ2v) is 5.23. The van der Waals surface area contributed by atoms with Gasteiger partial charge in [0.25, 0.3) is 0 Å². The van der Waals surface area contributed by atoms with E-state index in [4.69, 9.17) is 4.42 Å². The van der Waals surface area contributed by atoms with E-state index >= 15 is 0 Å². The largest absolute Gasteiger partial charge is 0.469 e. The lowest BCUT2D eigenvalue weighted by molar-refractivity contribution is 0.158. The molecule has 0 saturated heterocycles. The molecule has 0 fully saturated rings. The van der Waals surface area contributed by atoms with Gasteiger partial charge in [0, 0.05) is 19.4 Å². The van der Waals surface area contributed by atoms with Gasteiger partial charge in [-0.2, -0.15) is 5.10 Å². The third-order valence-corrected chi connectivity index (χ3v) is 2.96. The molecule has 2 rings (SSSR count). The fourth-order valence-corrected chi connectivity index (χ4v) is 2.02. The molecule has 0 bridgehead atoms. The summed E-state index contributed by atoms with van der Waals surface area (Å²) in [7, 11) is 0. The highest BCUT2D eigenvalue weighted by atomic mass is 16.3. The van der Waals surface area contributed by atoms with Crippen LogP contribution in [0.3, 0.4) is 0 Å². The van der Waals surface area contributed by atoms with Gasteiger partial charge in [-0.15, -0.1) is 0 Å². The van der Waals surface area contributed by atoms with Gasteiger partial charge < -0.3 is 9.52 Å². The molecular weight excluding hydrogens is 242 g/mol. The Labute approximate surface area is 113 Å². The lowest BCUT2D eigenvalue weighted by atomic mass is 10.1. The molecule has 0 aliphatic carbocycles. The van der Waals surface area contributed by atoms with Crippen LogP contribution in [-0.4, -0.2) is 26.0 Å². The smallest absolute Gasteiger partial charge is 0.138 e. The first-order valence-electron chi connectivity index (χ1n) is 6.72. The van der Waals surface area contributed by atoms with E-state index < -0.39 is 6.10 Å². The Kier molecular flexibility index (Phi) is 4.74. The number of furan rings is 1. The fourth-order valence-electron chi connectivity index (χ4n) is 2.02. The molecule has 0 aliphatic rings. The zero-order chi connectivity index (χ0) is 13.7. The van der Waals surface area contributed by atoms with Gasteiger partial charge in [-0.25, -0.2) is 9.67 Å². The molecule has 2 aromatic rings. The fraction of sp³-hybridized carbons (Fsp3) is 0.571. The van der Waals surface area contributed by atoms with Gasteiger partial charge in [-0.3, -0.25) is 0 Å². The first-order valence-corrected chi connectivity index (χ1v) is 6.72. The summed E-state index contributed by atoms with van der Waals surface area (Å²) >= 11 is 0. The van der Waals surface area contributed by atoms with Crippen LogP contribution < -0.4 is 0 Å². The minimum absolute atomic E-state index is 0.416. The van der Waals surface area contributed by atoms with Crippen molar-refractivity contribution in [2.75, 3.05) is 0 Å². The van der Waals surface area contributed by atoms with Crippen LogP contribution in [0.25, 0.3) is 0 Å². The van der Waals surface area contributed by atoms with Gasteiger partial charge in [-0.1, -0.05) is 13.8 Å². The summed E-state index contributed by atoms with van der Waals surface area (Å²) in [5.41, 5.74) is 0. The van der Waals surface area contributed by atoms with Crippen LogP contribution in [0.4, 0.5) is 0 Å². The average molecular weight is 263 g/mol. The minimum atomic E-state index is -0.416. The Morgan fingerprint density at radius 2 is 2.26 bits per heavy atom. The highest BCUT2D eigenvalue weighted by molar-refractivity contribution is 4.98. The zero-order valence-electron chi connectivity index (χ0n) is 11.5. The molecule has 0 amide bonds. The summed E-state index contributed by atoms with van der Waals surface area (Å²) in [6, 6.07) is 3.79. The van der Waals surface area contributed by atoms with Gasteiger partial charge in [0.05, 0.1) is 12.4 Å². The molecule has 1 N–H and O–H groups in total. The number of aliphatic hydroxyl groups is 1. The lowest BCUT2D eigenvalue weighted by Crippen LogP contribution is -2.17. The van der Waals surface area contributed by atoms with Crippen molar-refractivity contribution in [2.45, 2.75) is 45.8 Å². The number of hydrogen-bond acceptors (Lipinski definition) is 4. The third kappa shape index (κ3) is 4.21. The van der Waals surface area contributed by atoms with Gasteiger partial charge >= 0.3 is 0 Å². The van der Waals surface area contributed by atoms with Crippen molar-refractivity contribution in [2.24, 2.45) is 5.92 Å².